The summed E-state index contributed by atoms with van der Waals surface area (Å²) < 4.78 is 0. The molecule has 17 heavy (non-hydrogen) atoms. The van der Waals surface area contributed by atoms with Crippen molar-refractivity contribution in [2.75, 3.05) is 0 Å². The SMILES string of the molecule is O=CNOC(=O)/C=C/C(Cl)=C/c1ccccc1. The summed E-state index contributed by atoms with van der Waals surface area (Å²) in [7, 11) is 0. The number of amides is 1. The summed E-state index contributed by atoms with van der Waals surface area (Å²) in [6, 6.07) is 9.40. The van der Waals surface area contributed by atoms with Gasteiger partial charge < -0.3 is 4.84 Å². The Balaban J connectivity index is 2.56. The maximum Gasteiger partial charge on any atom is 0.355 e. The summed E-state index contributed by atoms with van der Waals surface area (Å²) in [4.78, 5) is 25.0. The minimum atomic E-state index is -0.711. The smallest absolute Gasteiger partial charge is 0.336 e. The van der Waals surface area contributed by atoms with Crippen molar-refractivity contribution in [3.05, 3.63) is 53.1 Å². The topological polar surface area (TPSA) is 55.4 Å². The van der Waals surface area contributed by atoms with Crippen LogP contribution in [0.2, 0.25) is 0 Å². The lowest BCUT2D eigenvalue weighted by molar-refractivity contribution is -0.149. The third-order valence-corrected chi connectivity index (χ3v) is 1.93. The fourth-order valence-corrected chi connectivity index (χ4v) is 1.21. The van der Waals surface area contributed by atoms with Crippen molar-refractivity contribution in [3.63, 3.8) is 0 Å². The summed E-state index contributed by atoms with van der Waals surface area (Å²) in [5.41, 5.74) is 2.70. The quantitative estimate of drug-likeness (QED) is 0.377. The average Bonchev–Trinajstić information content (AvgIpc) is 2.35. The predicted octanol–water partition coefficient (Wildman–Crippen LogP) is 2.03. The van der Waals surface area contributed by atoms with Crippen molar-refractivity contribution in [1.29, 1.82) is 0 Å². The van der Waals surface area contributed by atoms with Gasteiger partial charge in [-0.05, 0) is 17.7 Å². The Labute approximate surface area is 103 Å². The molecule has 0 heterocycles. The van der Waals surface area contributed by atoms with Crippen LogP contribution in [-0.2, 0) is 14.4 Å². The van der Waals surface area contributed by atoms with Crippen molar-refractivity contribution < 1.29 is 14.4 Å². The van der Waals surface area contributed by atoms with E-state index in [2.05, 4.69) is 4.84 Å². The zero-order valence-electron chi connectivity index (χ0n) is 8.80. The standard InChI is InChI=1S/C12H10ClNO3/c13-11(6-7-12(16)17-14-9-15)8-10-4-2-1-3-5-10/h1-9H,(H,14,15)/b7-6+,11-8-. The molecular formula is C12H10ClNO3. The molecule has 0 atom stereocenters. The number of carbonyl (C=O) groups is 2. The van der Waals surface area contributed by atoms with E-state index in [1.165, 1.54) is 6.08 Å². The molecule has 88 valence electrons. The Hall–Kier alpha value is -2.07. The van der Waals surface area contributed by atoms with Gasteiger partial charge in [0.2, 0.25) is 6.41 Å². The molecule has 0 spiro atoms. The van der Waals surface area contributed by atoms with E-state index in [1.54, 1.807) is 11.6 Å². The van der Waals surface area contributed by atoms with Crippen LogP contribution in [0.4, 0.5) is 0 Å². The van der Waals surface area contributed by atoms with Crippen LogP contribution in [0.5, 0.6) is 0 Å². The first kappa shape index (κ1) is 13.0. The van der Waals surface area contributed by atoms with E-state index in [9.17, 15) is 9.59 Å². The number of allylic oxidation sites excluding steroid dienone is 2. The molecule has 0 radical (unpaired) electrons. The molecule has 1 N–H and O–H groups in total. The van der Waals surface area contributed by atoms with Gasteiger partial charge in [-0.15, -0.1) is 0 Å². The second-order valence-electron chi connectivity index (χ2n) is 2.93. The summed E-state index contributed by atoms with van der Waals surface area (Å²) in [5.74, 6) is -0.711. The minimum absolute atomic E-state index is 0.257. The number of nitrogens with one attached hydrogen (secondary N) is 1. The third-order valence-electron chi connectivity index (χ3n) is 1.69. The van der Waals surface area contributed by atoms with Gasteiger partial charge in [-0.3, -0.25) is 4.79 Å². The zero-order chi connectivity index (χ0) is 12.5. The molecule has 1 amide bonds. The fraction of sp³-hybridized carbons (Fsp3) is 0. The van der Waals surface area contributed by atoms with Crippen molar-refractivity contribution in [3.8, 4) is 0 Å². The largest absolute Gasteiger partial charge is 0.355 e. The fourth-order valence-electron chi connectivity index (χ4n) is 1.02. The van der Waals surface area contributed by atoms with Crippen molar-refractivity contribution >= 4 is 30.1 Å². The van der Waals surface area contributed by atoms with Crippen LogP contribution in [0.25, 0.3) is 6.08 Å². The molecule has 5 heteroatoms. The first-order chi connectivity index (χ1) is 8.22. The van der Waals surface area contributed by atoms with E-state index < -0.39 is 5.97 Å². The summed E-state index contributed by atoms with van der Waals surface area (Å²) in [6.45, 7) is 0. The Kier molecular flexibility index (Phi) is 5.54. The van der Waals surface area contributed by atoms with Gasteiger partial charge >= 0.3 is 5.97 Å². The second-order valence-corrected chi connectivity index (χ2v) is 3.37. The third kappa shape index (κ3) is 5.53. The van der Waals surface area contributed by atoms with Crippen LogP contribution in [0.3, 0.4) is 0 Å². The van der Waals surface area contributed by atoms with E-state index in [1.807, 2.05) is 30.3 Å². The highest BCUT2D eigenvalue weighted by Crippen LogP contribution is 2.10. The summed E-state index contributed by atoms with van der Waals surface area (Å²) in [5, 5.41) is 0.374. The van der Waals surface area contributed by atoms with Crippen molar-refractivity contribution in [2.45, 2.75) is 0 Å². The van der Waals surface area contributed by atoms with E-state index >= 15 is 0 Å². The van der Waals surface area contributed by atoms with Gasteiger partial charge in [0.05, 0.1) is 0 Å². The molecule has 1 aromatic carbocycles. The van der Waals surface area contributed by atoms with Crippen LogP contribution in [0.1, 0.15) is 5.56 Å². The maximum absolute atomic E-state index is 10.9. The molecule has 0 aliphatic carbocycles. The molecule has 1 rings (SSSR count). The molecule has 1 aromatic rings. The van der Waals surface area contributed by atoms with Gasteiger partial charge in [-0.2, -0.15) is 5.48 Å². The van der Waals surface area contributed by atoms with Crippen LogP contribution in [0.15, 0.2) is 47.5 Å². The van der Waals surface area contributed by atoms with Crippen molar-refractivity contribution in [1.82, 2.24) is 5.48 Å². The van der Waals surface area contributed by atoms with Gasteiger partial charge in [0, 0.05) is 11.1 Å². The summed E-state index contributed by atoms with van der Waals surface area (Å²) >= 11 is 5.87. The first-order valence-electron chi connectivity index (χ1n) is 4.72. The average molecular weight is 252 g/mol. The van der Waals surface area contributed by atoms with Crippen LogP contribution >= 0.6 is 11.6 Å². The minimum Gasteiger partial charge on any atom is -0.336 e. The lowest BCUT2D eigenvalue weighted by Gasteiger charge is -1.95. The Bertz CT molecular complexity index is 440. The second kappa shape index (κ2) is 7.24. The lowest BCUT2D eigenvalue weighted by Crippen LogP contribution is -2.15. The molecular weight excluding hydrogens is 242 g/mol. The van der Waals surface area contributed by atoms with Gasteiger partial charge in [0.1, 0.15) is 0 Å². The molecule has 0 aliphatic heterocycles. The van der Waals surface area contributed by atoms with Crippen LogP contribution in [0, 0.1) is 0 Å². The molecule has 0 saturated heterocycles. The highest BCUT2D eigenvalue weighted by Gasteiger charge is 1.95. The van der Waals surface area contributed by atoms with Crippen molar-refractivity contribution in [2.24, 2.45) is 0 Å². The molecule has 0 fully saturated rings. The number of carbonyl (C=O) groups excluding carboxylic acids is 2. The maximum atomic E-state index is 10.9. The number of halogens is 1. The number of hydroxylamine groups is 1. The zero-order valence-corrected chi connectivity index (χ0v) is 9.55. The molecule has 4 nitrogen and oxygen atoms in total. The Morgan fingerprint density at radius 1 is 1.24 bits per heavy atom. The van der Waals surface area contributed by atoms with Crippen LogP contribution < -0.4 is 5.48 Å². The summed E-state index contributed by atoms with van der Waals surface area (Å²) in [6.07, 6.45) is 4.44. The number of benzene rings is 1. The Morgan fingerprint density at radius 2 is 1.94 bits per heavy atom. The van der Waals surface area contributed by atoms with E-state index in [0.717, 1.165) is 11.6 Å². The Morgan fingerprint density at radius 3 is 2.59 bits per heavy atom. The number of hydrogen-bond donors (Lipinski definition) is 1. The highest BCUT2D eigenvalue weighted by atomic mass is 35.5. The van der Waals surface area contributed by atoms with Gasteiger partial charge in [-0.1, -0.05) is 41.9 Å². The number of hydrogen-bond acceptors (Lipinski definition) is 3. The monoisotopic (exact) mass is 251 g/mol. The highest BCUT2D eigenvalue weighted by molar-refractivity contribution is 6.33. The van der Waals surface area contributed by atoms with Gasteiger partial charge in [0.15, 0.2) is 0 Å². The van der Waals surface area contributed by atoms with E-state index in [4.69, 9.17) is 11.6 Å². The normalized spacial score (nSPS) is 11.2. The lowest BCUT2D eigenvalue weighted by atomic mass is 10.2. The molecule has 0 aromatic heterocycles. The molecule has 0 bridgehead atoms. The molecule has 0 saturated carbocycles. The van der Waals surface area contributed by atoms with E-state index in [-0.39, 0.29) is 6.41 Å². The van der Waals surface area contributed by atoms with Gasteiger partial charge in [-0.25, -0.2) is 4.79 Å². The van der Waals surface area contributed by atoms with Crippen LogP contribution in [-0.4, -0.2) is 12.4 Å². The predicted molar refractivity (Wildman–Crippen MR) is 64.7 cm³/mol. The van der Waals surface area contributed by atoms with E-state index in [0.29, 0.717) is 5.03 Å². The van der Waals surface area contributed by atoms with Gasteiger partial charge in [0.25, 0.3) is 0 Å². The first-order valence-corrected chi connectivity index (χ1v) is 5.10. The number of rotatable bonds is 5. The molecule has 0 unspecified atom stereocenters. The molecule has 0 aliphatic rings.